The summed E-state index contributed by atoms with van der Waals surface area (Å²) in [4.78, 5) is 0. The Morgan fingerprint density at radius 1 is 1.62 bits per heavy atom. The Morgan fingerprint density at radius 3 is 2.88 bits per heavy atom. The molecule has 1 fully saturated rings. The normalized spacial score (nSPS) is 33.9. The van der Waals surface area contributed by atoms with Crippen LogP contribution in [0.5, 0.6) is 0 Å². The third kappa shape index (κ3) is 1.49. The molecule has 1 heterocycles. The Kier molecular flexibility index (Phi) is 2.83. The van der Waals surface area contributed by atoms with Gasteiger partial charge in [-0.15, -0.1) is 0 Å². The lowest BCUT2D eigenvalue weighted by Crippen LogP contribution is -2.57. The van der Waals surface area contributed by atoms with Crippen LogP contribution in [0.3, 0.4) is 0 Å². The Labute approximate surface area is 97.1 Å². The molecule has 0 radical (unpaired) electrons. The predicted octanol–water partition coefficient (Wildman–Crippen LogP) is 1.05. The van der Waals surface area contributed by atoms with Gasteiger partial charge in [-0.2, -0.15) is 5.10 Å². The van der Waals surface area contributed by atoms with Gasteiger partial charge >= 0.3 is 0 Å². The van der Waals surface area contributed by atoms with Crippen molar-refractivity contribution < 1.29 is 13.9 Å². The van der Waals surface area contributed by atoms with Crippen molar-refractivity contribution in [3.63, 3.8) is 0 Å². The van der Waals surface area contributed by atoms with E-state index in [-0.39, 0.29) is 5.11 Å². The highest BCUT2D eigenvalue weighted by Gasteiger charge is 2.57. The number of aliphatic hydroxyl groups is 1. The lowest BCUT2D eigenvalue weighted by atomic mass is 9.81. The van der Waals surface area contributed by atoms with Gasteiger partial charge in [0.2, 0.25) is 5.72 Å². The fraction of sp³-hybridized carbons (Fsp3) is 0.778. The maximum atomic E-state index is 13.0. The predicted molar refractivity (Wildman–Crippen MR) is 59.0 cm³/mol. The molecule has 0 bridgehead atoms. The molecule has 0 spiro atoms. The molecule has 3 N–H and O–H groups in total. The molecule has 1 aliphatic heterocycles. The van der Waals surface area contributed by atoms with E-state index < -0.39 is 18.1 Å². The molecule has 7 heteroatoms. The summed E-state index contributed by atoms with van der Waals surface area (Å²) >= 11 is 4.65. The van der Waals surface area contributed by atoms with Crippen LogP contribution in [0.25, 0.3) is 0 Å². The van der Waals surface area contributed by atoms with Gasteiger partial charge in [0, 0.05) is 5.71 Å². The van der Waals surface area contributed by atoms with E-state index in [2.05, 4.69) is 17.3 Å². The molecular formula is C9H13F2N3OS. The average Bonchev–Trinajstić information content (AvgIpc) is 2.54. The first-order valence-electron chi connectivity index (χ1n) is 5.15. The third-order valence-corrected chi connectivity index (χ3v) is 3.36. The van der Waals surface area contributed by atoms with Crippen LogP contribution < -0.4 is 5.73 Å². The quantitative estimate of drug-likeness (QED) is 0.682. The van der Waals surface area contributed by atoms with Crippen LogP contribution in [0, 0.1) is 5.92 Å². The number of alkyl halides is 2. The number of rotatable bonds is 1. The van der Waals surface area contributed by atoms with Crippen molar-refractivity contribution in [2.24, 2.45) is 16.8 Å². The molecule has 2 atom stereocenters. The van der Waals surface area contributed by atoms with Gasteiger partial charge in [-0.3, -0.25) is 0 Å². The Balaban J connectivity index is 2.38. The van der Waals surface area contributed by atoms with Crippen molar-refractivity contribution in [2.75, 3.05) is 0 Å². The molecule has 2 aliphatic rings. The van der Waals surface area contributed by atoms with Crippen LogP contribution in [-0.2, 0) is 0 Å². The molecule has 16 heavy (non-hydrogen) atoms. The number of nitrogens with two attached hydrogens (primary N) is 1. The van der Waals surface area contributed by atoms with E-state index in [1.807, 2.05) is 0 Å². The van der Waals surface area contributed by atoms with Crippen LogP contribution in [-0.4, -0.2) is 33.1 Å². The topological polar surface area (TPSA) is 61.8 Å². The molecule has 1 aliphatic carbocycles. The summed E-state index contributed by atoms with van der Waals surface area (Å²) in [6.07, 6.45) is -0.111. The Morgan fingerprint density at radius 2 is 2.31 bits per heavy atom. The number of hydrogen-bond donors (Lipinski definition) is 2. The van der Waals surface area contributed by atoms with Crippen molar-refractivity contribution >= 4 is 23.0 Å². The highest BCUT2D eigenvalue weighted by Crippen LogP contribution is 2.42. The molecule has 1 saturated carbocycles. The van der Waals surface area contributed by atoms with Gasteiger partial charge in [0.05, 0.1) is 5.92 Å². The third-order valence-electron chi connectivity index (χ3n) is 3.19. The summed E-state index contributed by atoms with van der Waals surface area (Å²) in [6.45, 7) is 0. The van der Waals surface area contributed by atoms with E-state index >= 15 is 0 Å². The Hall–Kier alpha value is -0.820. The summed E-state index contributed by atoms with van der Waals surface area (Å²) in [5.41, 5.74) is 3.56. The molecule has 0 saturated heterocycles. The average molecular weight is 249 g/mol. The molecule has 2 unspecified atom stereocenters. The number of hydrazone groups is 1. The van der Waals surface area contributed by atoms with Crippen LogP contribution >= 0.6 is 12.2 Å². The summed E-state index contributed by atoms with van der Waals surface area (Å²) in [5.74, 6) is -0.650. The minimum absolute atomic E-state index is 0.315. The van der Waals surface area contributed by atoms with Crippen molar-refractivity contribution in [2.45, 2.75) is 37.8 Å². The first-order valence-corrected chi connectivity index (χ1v) is 5.56. The van der Waals surface area contributed by atoms with E-state index in [1.54, 1.807) is 0 Å². The molecule has 0 aromatic heterocycles. The number of thiocarbonyl (C=S) groups is 1. The SMILES string of the molecule is NC(=S)N1N=C2CCCCC2C1(O)C(F)F. The van der Waals surface area contributed by atoms with Crippen molar-refractivity contribution in [1.29, 1.82) is 0 Å². The van der Waals surface area contributed by atoms with Gasteiger partial charge in [0.1, 0.15) is 0 Å². The van der Waals surface area contributed by atoms with Crippen LogP contribution in [0.1, 0.15) is 25.7 Å². The highest BCUT2D eigenvalue weighted by molar-refractivity contribution is 7.80. The van der Waals surface area contributed by atoms with Crippen LogP contribution in [0.4, 0.5) is 8.78 Å². The summed E-state index contributed by atoms with van der Waals surface area (Å²) in [7, 11) is 0. The van der Waals surface area contributed by atoms with Gasteiger partial charge in [-0.25, -0.2) is 13.8 Å². The van der Waals surface area contributed by atoms with E-state index in [9.17, 15) is 13.9 Å². The molecule has 90 valence electrons. The van der Waals surface area contributed by atoms with Gasteiger partial charge < -0.3 is 10.8 Å². The lowest BCUT2D eigenvalue weighted by molar-refractivity contribution is -0.180. The zero-order valence-electron chi connectivity index (χ0n) is 8.57. The lowest BCUT2D eigenvalue weighted by Gasteiger charge is -2.36. The first-order chi connectivity index (χ1) is 7.48. The second-order valence-electron chi connectivity index (χ2n) is 4.12. The van der Waals surface area contributed by atoms with E-state index in [1.165, 1.54) is 0 Å². The van der Waals surface area contributed by atoms with Gasteiger partial charge in [0.25, 0.3) is 6.43 Å². The standard InChI is InChI=1S/C9H13F2N3OS/c10-7(11)9(15)5-3-1-2-4-6(5)13-14(9)8(12)16/h5,7,15H,1-4H2,(H2,12,16). The summed E-state index contributed by atoms with van der Waals surface area (Å²) in [5, 5.41) is 14.4. The maximum absolute atomic E-state index is 13.0. The fourth-order valence-electron chi connectivity index (χ4n) is 2.40. The maximum Gasteiger partial charge on any atom is 0.287 e. The molecule has 2 rings (SSSR count). The second-order valence-corrected chi connectivity index (χ2v) is 4.54. The van der Waals surface area contributed by atoms with Crippen LogP contribution in [0.15, 0.2) is 5.10 Å². The number of nitrogens with zero attached hydrogens (tertiary/aromatic N) is 2. The number of fused-ring (bicyclic) bond motifs is 1. The van der Waals surface area contributed by atoms with Crippen molar-refractivity contribution in [1.82, 2.24) is 5.01 Å². The smallest absolute Gasteiger partial charge is 0.287 e. The van der Waals surface area contributed by atoms with Crippen molar-refractivity contribution in [3.05, 3.63) is 0 Å². The zero-order valence-corrected chi connectivity index (χ0v) is 9.38. The van der Waals surface area contributed by atoms with Gasteiger partial charge in [-0.05, 0) is 31.5 Å². The fourth-order valence-corrected chi connectivity index (χ4v) is 2.59. The molecule has 0 amide bonds. The Bertz CT molecular complexity index is 350. The molecule has 0 aromatic carbocycles. The minimum atomic E-state index is -2.95. The summed E-state index contributed by atoms with van der Waals surface area (Å²) in [6, 6.07) is 0. The zero-order chi connectivity index (χ0) is 11.9. The van der Waals surface area contributed by atoms with E-state index in [4.69, 9.17) is 5.73 Å². The minimum Gasteiger partial charge on any atom is -0.375 e. The number of halogens is 2. The van der Waals surface area contributed by atoms with Gasteiger partial charge in [-0.1, -0.05) is 6.42 Å². The second kappa shape index (κ2) is 3.89. The molecule has 0 aromatic rings. The van der Waals surface area contributed by atoms with E-state index in [0.717, 1.165) is 12.8 Å². The van der Waals surface area contributed by atoms with Crippen molar-refractivity contribution in [3.8, 4) is 0 Å². The van der Waals surface area contributed by atoms with E-state index in [0.29, 0.717) is 23.6 Å². The van der Waals surface area contributed by atoms with Crippen LogP contribution in [0.2, 0.25) is 0 Å². The van der Waals surface area contributed by atoms with Gasteiger partial charge in [0.15, 0.2) is 5.11 Å². The number of hydrogen-bond acceptors (Lipinski definition) is 3. The first kappa shape index (κ1) is 11.7. The largest absolute Gasteiger partial charge is 0.375 e. The highest BCUT2D eigenvalue weighted by atomic mass is 32.1. The monoisotopic (exact) mass is 249 g/mol. The molecule has 4 nitrogen and oxygen atoms in total. The summed E-state index contributed by atoms with van der Waals surface area (Å²) < 4.78 is 26.1. The molecular weight excluding hydrogens is 236 g/mol.